The molecule has 1 aromatic rings. The van der Waals surface area contributed by atoms with Crippen molar-refractivity contribution >= 4 is 17.7 Å². The molecule has 0 aliphatic heterocycles. The maximum atomic E-state index is 13.2. The van der Waals surface area contributed by atoms with E-state index in [9.17, 15) is 14.0 Å². The fourth-order valence-electron chi connectivity index (χ4n) is 1.72. The Bertz CT molecular complexity index is 491. The van der Waals surface area contributed by atoms with Crippen LogP contribution in [0.25, 0.3) is 0 Å². The van der Waals surface area contributed by atoms with Gasteiger partial charge in [-0.3, -0.25) is 0 Å². The number of nitrogens with zero attached hydrogens (tertiary/aromatic N) is 1. The highest BCUT2D eigenvalue weighted by Crippen LogP contribution is 2.17. The van der Waals surface area contributed by atoms with Crippen molar-refractivity contribution < 1.29 is 19.1 Å². The van der Waals surface area contributed by atoms with Crippen LogP contribution in [-0.2, 0) is 0 Å². The smallest absolute Gasteiger partial charge is 0.337 e. The third kappa shape index (κ3) is 4.53. The average Bonchev–Trinajstić information content (AvgIpc) is 2.38. The first-order valence-corrected chi connectivity index (χ1v) is 6.50. The van der Waals surface area contributed by atoms with Gasteiger partial charge < -0.3 is 15.3 Å². The first-order chi connectivity index (χ1) is 9.45. The zero-order chi connectivity index (χ0) is 15.1. The number of hydrogen-bond donors (Lipinski definition) is 2. The topological polar surface area (TPSA) is 69.6 Å². The Labute approximate surface area is 117 Å². The van der Waals surface area contributed by atoms with Crippen LogP contribution in [0.5, 0.6) is 0 Å². The molecule has 2 amide bonds. The zero-order valence-corrected chi connectivity index (χ0v) is 11.6. The lowest BCUT2D eigenvalue weighted by molar-refractivity contribution is 0.0698. The standard InChI is InChI=1S/C14H19FN2O3/c1-3-4-5-8-17(2)14(20)16-12-9-10(15)6-7-11(12)13(18)19/h6-7,9H,3-5,8H2,1-2H3,(H,16,20)(H,18,19). The van der Waals surface area contributed by atoms with Gasteiger partial charge in [-0.2, -0.15) is 0 Å². The van der Waals surface area contributed by atoms with Gasteiger partial charge in [-0.25, -0.2) is 14.0 Å². The molecule has 0 fully saturated rings. The summed E-state index contributed by atoms with van der Waals surface area (Å²) >= 11 is 0. The largest absolute Gasteiger partial charge is 0.478 e. The van der Waals surface area contributed by atoms with E-state index in [2.05, 4.69) is 12.2 Å². The van der Waals surface area contributed by atoms with Crippen molar-refractivity contribution in [1.29, 1.82) is 0 Å². The number of unbranched alkanes of at least 4 members (excludes halogenated alkanes) is 2. The summed E-state index contributed by atoms with van der Waals surface area (Å²) in [4.78, 5) is 24.4. The molecule has 5 nitrogen and oxygen atoms in total. The van der Waals surface area contributed by atoms with Gasteiger partial charge in [-0.05, 0) is 24.6 Å². The molecule has 0 atom stereocenters. The number of urea groups is 1. The van der Waals surface area contributed by atoms with Crippen LogP contribution in [0.3, 0.4) is 0 Å². The molecule has 110 valence electrons. The SMILES string of the molecule is CCCCCN(C)C(=O)Nc1cc(F)ccc1C(=O)O. The summed E-state index contributed by atoms with van der Waals surface area (Å²) in [5.74, 6) is -1.81. The number of nitrogens with one attached hydrogen (secondary N) is 1. The summed E-state index contributed by atoms with van der Waals surface area (Å²) in [7, 11) is 1.62. The quantitative estimate of drug-likeness (QED) is 0.787. The fourth-order valence-corrected chi connectivity index (χ4v) is 1.72. The van der Waals surface area contributed by atoms with Crippen LogP contribution in [0.1, 0.15) is 36.5 Å². The number of carboxylic acid groups (broad SMARTS) is 1. The molecule has 1 aromatic carbocycles. The second-order valence-electron chi connectivity index (χ2n) is 4.55. The minimum Gasteiger partial charge on any atom is -0.478 e. The normalized spacial score (nSPS) is 10.2. The summed E-state index contributed by atoms with van der Waals surface area (Å²) in [6.45, 7) is 2.63. The van der Waals surface area contributed by atoms with E-state index in [4.69, 9.17) is 5.11 Å². The Morgan fingerprint density at radius 1 is 1.35 bits per heavy atom. The molecular formula is C14H19FN2O3. The summed E-state index contributed by atoms with van der Waals surface area (Å²) < 4.78 is 13.2. The first-order valence-electron chi connectivity index (χ1n) is 6.50. The maximum absolute atomic E-state index is 13.2. The van der Waals surface area contributed by atoms with Gasteiger partial charge in [0.25, 0.3) is 0 Å². The maximum Gasteiger partial charge on any atom is 0.337 e. The van der Waals surface area contributed by atoms with Crippen molar-refractivity contribution in [3.05, 3.63) is 29.6 Å². The van der Waals surface area contributed by atoms with Gasteiger partial charge in [0.2, 0.25) is 0 Å². The number of carbonyl (C=O) groups excluding carboxylic acids is 1. The van der Waals surface area contributed by atoms with Gasteiger partial charge in [0, 0.05) is 13.6 Å². The Balaban J connectivity index is 2.74. The van der Waals surface area contributed by atoms with E-state index in [1.807, 2.05) is 0 Å². The molecule has 0 unspecified atom stereocenters. The minimum absolute atomic E-state index is 0.0372. The second-order valence-corrected chi connectivity index (χ2v) is 4.55. The van der Waals surface area contributed by atoms with Gasteiger partial charge in [0.1, 0.15) is 5.82 Å². The molecule has 0 aliphatic carbocycles. The Hall–Kier alpha value is -2.11. The van der Waals surface area contributed by atoms with Crippen LogP contribution in [0.2, 0.25) is 0 Å². The Morgan fingerprint density at radius 2 is 2.05 bits per heavy atom. The highest BCUT2D eigenvalue weighted by Gasteiger charge is 2.15. The summed E-state index contributed by atoms with van der Waals surface area (Å²) in [6, 6.07) is 2.73. The molecule has 20 heavy (non-hydrogen) atoms. The molecule has 0 bridgehead atoms. The highest BCUT2D eigenvalue weighted by atomic mass is 19.1. The number of hydrogen-bond acceptors (Lipinski definition) is 2. The third-order valence-electron chi connectivity index (χ3n) is 2.90. The number of halogens is 1. The molecule has 0 aliphatic rings. The number of rotatable bonds is 6. The van der Waals surface area contributed by atoms with Gasteiger partial charge in [-0.15, -0.1) is 0 Å². The molecule has 0 radical (unpaired) electrons. The number of aromatic carboxylic acids is 1. The van der Waals surface area contributed by atoms with Crippen LogP contribution >= 0.6 is 0 Å². The monoisotopic (exact) mass is 282 g/mol. The lowest BCUT2D eigenvalue weighted by Crippen LogP contribution is -2.32. The predicted octanol–water partition coefficient (Wildman–Crippen LogP) is 3.18. The minimum atomic E-state index is -1.21. The molecule has 2 N–H and O–H groups in total. The first kappa shape index (κ1) is 15.9. The molecule has 0 saturated carbocycles. The predicted molar refractivity (Wildman–Crippen MR) is 74.5 cm³/mol. The lowest BCUT2D eigenvalue weighted by atomic mass is 10.1. The van der Waals surface area contributed by atoms with Crippen molar-refractivity contribution in [2.75, 3.05) is 18.9 Å². The highest BCUT2D eigenvalue weighted by molar-refractivity contribution is 5.99. The van der Waals surface area contributed by atoms with Gasteiger partial charge in [0.15, 0.2) is 0 Å². The molecule has 1 rings (SSSR count). The van der Waals surface area contributed by atoms with Gasteiger partial charge in [0.05, 0.1) is 11.3 Å². The van der Waals surface area contributed by atoms with E-state index in [0.717, 1.165) is 37.5 Å². The van der Waals surface area contributed by atoms with Crippen molar-refractivity contribution in [3.63, 3.8) is 0 Å². The van der Waals surface area contributed by atoms with E-state index in [-0.39, 0.29) is 11.3 Å². The summed E-state index contributed by atoms with van der Waals surface area (Å²) in [5.41, 5.74) is -0.174. The van der Waals surface area contributed by atoms with Crippen LogP contribution < -0.4 is 5.32 Å². The average molecular weight is 282 g/mol. The molecule has 6 heteroatoms. The molecule has 0 heterocycles. The molecular weight excluding hydrogens is 263 g/mol. The number of anilines is 1. The van der Waals surface area contributed by atoms with E-state index >= 15 is 0 Å². The number of carbonyl (C=O) groups is 2. The van der Waals surface area contributed by atoms with Gasteiger partial charge >= 0.3 is 12.0 Å². The van der Waals surface area contributed by atoms with Crippen molar-refractivity contribution in [1.82, 2.24) is 4.90 Å². The van der Waals surface area contributed by atoms with Crippen LogP contribution in [0.15, 0.2) is 18.2 Å². The summed E-state index contributed by atoms with van der Waals surface area (Å²) in [5, 5.41) is 11.4. The summed E-state index contributed by atoms with van der Waals surface area (Å²) in [6.07, 6.45) is 2.93. The number of carboxylic acids is 1. The van der Waals surface area contributed by atoms with E-state index in [1.54, 1.807) is 7.05 Å². The van der Waals surface area contributed by atoms with E-state index in [0.29, 0.717) is 6.54 Å². The van der Waals surface area contributed by atoms with Crippen LogP contribution in [0.4, 0.5) is 14.9 Å². The lowest BCUT2D eigenvalue weighted by Gasteiger charge is -2.18. The fraction of sp³-hybridized carbons (Fsp3) is 0.429. The van der Waals surface area contributed by atoms with Crippen LogP contribution in [0, 0.1) is 5.82 Å². The molecule has 0 saturated heterocycles. The number of benzene rings is 1. The molecule has 0 spiro atoms. The van der Waals surface area contributed by atoms with Crippen molar-refractivity contribution in [3.8, 4) is 0 Å². The number of amides is 2. The second kappa shape index (κ2) is 7.47. The van der Waals surface area contributed by atoms with Crippen molar-refractivity contribution in [2.45, 2.75) is 26.2 Å². The van der Waals surface area contributed by atoms with E-state index in [1.165, 1.54) is 4.90 Å². The Morgan fingerprint density at radius 3 is 2.65 bits per heavy atom. The third-order valence-corrected chi connectivity index (χ3v) is 2.90. The van der Waals surface area contributed by atoms with E-state index < -0.39 is 17.8 Å². The van der Waals surface area contributed by atoms with Gasteiger partial charge in [-0.1, -0.05) is 19.8 Å². The van der Waals surface area contributed by atoms with Crippen LogP contribution in [-0.4, -0.2) is 35.6 Å². The zero-order valence-electron chi connectivity index (χ0n) is 11.6. The van der Waals surface area contributed by atoms with Crippen molar-refractivity contribution in [2.24, 2.45) is 0 Å². The Kier molecular flexibility index (Phi) is 5.96. The molecule has 0 aromatic heterocycles.